The van der Waals surface area contributed by atoms with Crippen LogP contribution >= 0.6 is 0 Å². The van der Waals surface area contributed by atoms with Gasteiger partial charge in [-0.25, -0.2) is 0 Å². The Kier molecular flexibility index (Phi) is 7.01. The van der Waals surface area contributed by atoms with Gasteiger partial charge in [-0.05, 0) is 62.9 Å². The zero-order chi connectivity index (χ0) is 15.1. The highest BCUT2D eigenvalue weighted by Crippen LogP contribution is 2.39. The first-order valence-corrected chi connectivity index (χ1v) is 9.60. The molecule has 124 valence electrons. The van der Waals surface area contributed by atoms with Crippen LogP contribution < -0.4 is 5.32 Å². The summed E-state index contributed by atoms with van der Waals surface area (Å²) in [7, 11) is 0. The Hall–Kier alpha value is -0.0800. The quantitative estimate of drug-likeness (QED) is 0.599. The lowest BCUT2D eigenvalue weighted by molar-refractivity contribution is 0.0940. The predicted molar refractivity (Wildman–Crippen MR) is 92.7 cm³/mol. The summed E-state index contributed by atoms with van der Waals surface area (Å²) >= 11 is 0. The molecular formula is C19H38N2. The molecule has 0 aliphatic heterocycles. The molecule has 0 atom stereocenters. The molecule has 2 nitrogen and oxygen atoms in total. The minimum Gasteiger partial charge on any atom is -0.316 e. The molecule has 1 N–H and O–H groups in total. The average molecular weight is 295 g/mol. The van der Waals surface area contributed by atoms with Gasteiger partial charge in [-0.15, -0.1) is 0 Å². The van der Waals surface area contributed by atoms with Crippen molar-refractivity contribution in [2.45, 2.75) is 84.6 Å². The van der Waals surface area contributed by atoms with E-state index in [1.165, 1.54) is 84.0 Å². The van der Waals surface area contributed by atoms with Crippen LogP contribution in [0.5, 0.6) is 0 Å². The first kappa shape index (κ1) is 17.3. The average Bonchev–Trinajstić information content (AvgIpc) is 3.29. The molecule has 0 radical (unpaired) electrons. The summed E-state index contributed by atoms with van der Waals surface area (Å²) in [5.74, 6) is 0.840. The molecule has 0 spiro atoms. The van der Waals surface area contributed by atoms with Crippen LogP contribution in [-0.4, -0.2) is 37.1 Å². The van der Waals surface area contributed by atoms with Crippen molar-refractivity contribution in [1.82, 2.24) is 10.2 Å². The van der Waals surface area contributed by atoms with Gasteiger partial charge in [0, 0.05) is 19.1 Å². The van der Waals surface area contributed by atoms with E-state index in [9.17, 15) is 0 Å². The minimum atomic E-state index is 0.576. The molecule has 21 heavy (non-hydrogen) atoms. The molecule has 2 aliphatic carbocycles. The number of hydrogen-bond donors (Lipinski definition) is 1. The zero-order valence-corrected chi connectivity index (χ0v) is 14.8. The molecule has 2 saturated carbocycles. The Balaban J connectivity index is 1.90. The summed E-state index contributed by atoms with van der Waals surface area (Å²) in [5, 5.41) is 3.75. The Labute approximate surface area is 133 Å². The van der Waals surface area contributed by atoms with Gasteiger partial charge in [0.2, 0.25) is 0 Å². The molecule has 2 heteroatoms. The third-order valence-corrected chi connectivity index (χ3v) is 5.44. The fraction of sp³-hybridized carbons (Fsp3) is 1.00. The summed E-state index contributed by atoms with van der Waals surface area (Å²) in [6.45, 7) is 12.1. The predicted octanol–water partition coefficient (Wildman–Crippen LogP) is 4.45. The maximum Gasteiger partial charge on any atom is 0.00966 e. The molecule has 0 amide bonds. The van der Waals surface area contributed by atoms with Crippen LogP contribution in [0.15, 0.2) is 0 Å². The van der Waals surface area contributed by atoms with E-state index in [-0.39, 0.29) is 0 Å². The lowest BCUT2D eigenvalue weighted by atomic mass is 9.73. The zero-order valence-electron chi connectivity index (χ0n) is 14.8. The fourth-order valence-electron chi connectivity index (χ4n) is 3.91. The van der Waals surface area contributed by atoms with Crippen molar-refractivity contribution in [3.63, 3.8) is 0 Å². The second-order valence-electron chi connectivity index (χ2n) is 8.12. The SMILES string of the molecule is CCCNCC1(CN(CCC(C)C)C2CC2)CCCCC1. The van der Waals surface area contributed by atoms with Gasteiger partial charge >= 0.3 is 0 Å². The Morgan fingerprint density at radius 1 is 1.14 bits per heavy atom. The standard InChI is InChI=1S/C19H38N2/c1-4-13-20-15-19(11-6-5-7-12-19)16-21(18-8-9-18)14-10-17(2)3/h17-18,20H,4-16H2,1-3H3. The first-order valence-electron chi connectivity index (χ1n) is 9.60. The van der Waals surface area contributed by atoms with E-state index in [1.54, 1.807) is 0 Å². The normalized spacial score (nSPS) is 22.1. The lowest BCUT2D eigenvalue weighted by Crippen LogP contribution is -2.46. The van der Waals surface area contributed by atoms with Crippen LogP contribution in [0.1, 0.15) is 78.6 Å². The van der Waals surface area contributed by atoms with Crippen LogP contribution in [0.25, 0.3) is 0 Å². The maximum absolute atomic E-state index is 3.75. The molecule has 0 bridgehead atoms. The number of rotatable bonds is 10. The second kappa shape index (κ2) is 8.53. The minimum absolute atomic E-state index is 0.576. The van der Waals surface area contributed by atoms with Crippen molar-refractivity contribution >= 4 is 0 Å². The molecule has 0 saturated heterocycles. The number of nitrogens with zero attached hydrogens (tertiary/aromatic N) is 1. The highest BCUT2D eigenvalue weighted by Gasteiger charge is 2.38. The van der Waals surface area contributed by atoms with Gasteiger partial charge in [0.15, 0.2) is 0 Å². The Bertz CT molecular complexity index is 277. The molecule has 0 aromatic heterocycles. The van der Waals surface area contributed by atoms with E-state index in [0.717, 1.165) is 12.0 Å². The smallest absolute Gasteiger partial charge is 0.00966 e. The molecule has 0 aromatic rings. The lowest BCUT2D eigenvalue weighted by Gasteiger charge is -2.42. The number of nitrogens with one attached hydrogen (secondary N) is 1. The number of hydrogen-bond acceptors (Lipinski definition) is 2. The molecular weight excluding hydrogens is 256 g/mol. The van der Waals surface area contributed by atoms with Crippen molar-refractivity contribution in [2.75, 3.05) is 26.2 Å². The third-order valence-electron chi connectivity index (χ3n) is 5.44. The monoisotopic (exact) mass is 294 g/mol. The van der Waals surface area contributed by atoms with Crippen molar-refractivity contribution in [3.05, 3.63) is 0 Å². The third kappa shape index (κ3) is 5.90. The second-order valence-corrected chi connectivity index (χ2v) is 8.12. The summed E-state index contributed by atoms with van der Waals surface area (Å²) in [5.41, 5.74) is 0.576. The van der Waals surface area contributed by atoms with Crippen molar-refractivity contribution < 1.29 is 0 Å². The summed E-state index contributed by atoms with van der Waals surface area (Å²) in [6.07, 6.45) is 12.8. The van der Waals surface area contributed by atoms with Crippen molar-refractivity contribution in [3.8, 4) is 0 Å². The Morgan fingerprint density at radius 2 is 1.86 bits per heavy atom. The van der Waals surface area contributed by atoms with Crippen molar-refractivity contribution in [1.29, 1.82) is 0 Å². The first-order chi connectivity index (χ1) is 10.2. The molecule has 2 aliphatic rings. The fourth-order valence-corrected chi connectivity index (χ4v) is 3.91. The highest BCUT2D eigenvalue weighted by atomic mass is 15.2. The molecule has 2 rings (SSSR count). The van der Waals surface area contributed by atoms with Crippen LogP contribution in [0.4, 0.5) is 0 Å². The van der Waals surface area contributed by atoms with Gasteiger partial charge < -0.3 is 5.32 Å². The maximum atomic E-state index is 3.75. The highest BCUT2D eigenvalue weighted by molar-refractivity contribution is 4.93. The topological polar surface area (TPSA) is 15.3 Å². The van der Waals surface area contributed by atoms with Crippen LogP contribution in [-0.2, 0) is 0 Å². The van der Waals surface area contributed by atoms with Crippen LogP contribution in [0.2, 0.25) is 0 Å². The van der Waals surface area contributed by atoms with Gasteiger partial charge in [-0.3, -0.25) is 4.90 Å². The van der Waals surface area contributed by atoms with E-state index in [2.05, 4.69) is 31.0 Å². The molecule has 0 heterocycles. The van der Waals surface area contributed by atoms with Gasteiger partial charge in [-0.1, -0.05) is 40.0 Å². The van der Waals surface area contributed by atoms with E-state index >= 15 is 0 Å². The summed E-state index contributed by atoms with van der Waals surface area (Å²) in [4.78, 5) is 2.86. The van der Waals surface area contributed by atoms with Crippen molar-refractivity contribution in [2.24, 2.45) is 11.3 Å². The van der Waals surface area contributed by atoms with E-state index < -0.39 is 0 Å². The van der Waals surface area contributed by atoms with Gasteiger partial charge in [0.1, 0.15) is 0 Å². The Morgan fingerprint density at radius 3 is 2.43 bits per heavy atom. The summed E-state index contributed by atoms with van der Waals surface area (Å²) in [6, 6.07) is 0.925. The summed E-state index contributed by atoms with van der Waals surface area (Å²) < 4.78 is 0. The largest absolute Gasteiger partial charge is 0.316 e. The van der Waals surface area contributed by atoms with Crippen LogP contribution in [0, 0.1) is 11.3 Å². The molecule has 2 fully saturated rings. The molecule has 0 aromatic carbocycles. The van der Waals surface area contributed by atoms with Gasteiger partial charge in [0.25, 0.3) is 0 Å². The van der Waals surface area contributed by atoms with Gasteiger partial charge in [0.05, 0.1) is 0 Å². The molecule has 0 unspecified atom stereocenters. The van der Waals surface area contributed by atoms with E-state index in [0.29, 0.717) is 5.41 Å². The van der Waals surface area contributed by atoms with Crippen LogP contribution in [0.3, 0.4) is 0 Å². The van der Waals surface area contributed by atoms with E-state index in [1.807, 2.05) is 0 Å². The van der Waals surface area contributed by atoms with E-state index in [4.69, 9.17) is 0 Å². The van der Waals surface area contributed by atoms with Gasteiger partial charge in [-0.2, -0.15) is 0 Å².